The van der Waals surface area contributed by atoms with E-state index >= 15 is 0 Å². The summed E-state index contributed by atoms with van der Waals surface area (Å²) in [4.78, 5) is 6.00. The molecule has 2 rings (SSSR count). The van der Waals surface area contributed by atoms with Crippen molar-refractivity contribution in [3.8, 4) is 0 Å². The van der Waals surface area contributed by atoms with Gasteiger partial charge in [0.15, 0.2) is 5.11 Å². The Bertz CT molecular complexity index is 665. The van der Waals surface area contributed by atoms with E-state index in [1.54, 1.807) is 19.5 Å². The van der Waals surface area contributed by atoms with E-state index in [9.17, 15) is 8.78 Å². The molecule has 1 aromatic carbocycles. The molecule has 0 spiro atoms. The summed E-state index contributed by atoms with van der Waals surface area (Å²) in [6.45, 7) is 2.97. The minimum Gasteiger partial charge on any atom is -0.383 e. The Labute approximate surface area is 145 Å². The number of ether oxygens (including phenoxy) is 1. The number of anilines is 1. The third-order valence-electron chi connectivity index (χ3n) is 3.55. The lowest BCUT2D eigenvalue weighted by molar-refractivity contribution is 0.165. The average molecular weight is 351 g/mol. The Morgan fingerprint density at radius 3 is 2.62 bits per heavy atom. The molecule has 128 valence electrons. The zero-order chi connectivity index (χ0) is 17.5. The van der Waals surface area contributed by atoms with Crippen LogP contribution in [0.2, 0.25) is 0 Å². The van der Waals surface area contributed by atoms with Gasteiger partial charge >= 0.3 is 0 Å². The lowest BCUT2D eigenvalue weighted by atomic mass is 10.1. The van der Waals surface area contributed by atoms with E-state index in [0.29, 0.717) is 18.3 Å². The molecule has 0 radical (unpaired) electrons. The fourth-order valence-corrected chi connectivity index (χ4v) is 2.65. The van der Waals surface area contributed by atoms with Gasteiger partial charge in [0.1, 0.15) is 11.6 Å². The van der Waals surface area contributed by atoms with Crippen LogP contribution in [-0.4, -0.2) is 35.3 Å². The number of halogens is 2. The highest BCUT2D eigenvalue weighted by Crippen LogP contribution is 2.21. The summed E-state index contributed by atoms with van der Waals surface area (Å²) < 4.78 is 31.8. The molecule has 0 aliphatic rings. The van der Waals surface area contributed by atoms with Crippen molar-refractivity contribution in [3.63, 3.8) is 0 Å². The van der Waals surface area contributed by atoms with Crippen molar-refractivity contribution in [1.82, 2.24) is 9.88 Å². The topological polar surface area (TPSA) is 37.4 Å². The fourth-order valence-electron chi connectivity index (χ4n) is 2.29. The second-order valence-electron chi connectivity index (χ2n) is 5.24. The molecule has 1 N–H and O–H groups in total. The quantitative estimate of drug-likeness (QED) is 0.802. The Morgan fingerprint density at radius 2 is 2.04 bits per heavy atom. The van der Waals surface area contributed by atoms with E-state index in [0.717, 1.165) is 11.6 Å². The van der Waals surface area contributed by atoms with E-state index in [-0.39, 0.29) is 11.7 Å². The van der Waals surface area contributed by atoms with Crippen LogP contribution >= 0.6 is 12.2 Å². The molecule has 7 heteroatoms. The van der Waals surface area contributed by atoms with Gasteiger partial charge in [-0.3, -0.25) is 4.98 Å². The molecule has 1 heterocycles. The van der Waals surface area contributed by atoms with Crippen molar-refractivity contribution in [2.75, 3.05) is 25.6 Å². The van der Waals surface area contributed by atoms with Gasteiger partial charge < -0.3 is 15.0 Å². The summed E-state index contributed by atoms with van der Waals surface area (Å²) >= 11 is 5.43. The largest absolute Gasteiger partial charge is 0.383 e. The number of benzene rings is 1. The van der Waals surface area contributed by atoms with Crippen LogP contribution in [0, 0.1) is 11.6 Å². The number of methoxy groups -OCH3 is 1. The van der Waals surface area contributed by atoms with Gasteiger partial charge in [0.05, 0.1) is 12.6 Å². The molecular formula is C17H19F2N3OS. The molecule has 0 aliphatic heterocycles. The molecule has 0 saturated heterocycles. The van der Waals surface area contributed by atoms with Crippen LogP contribution in [0.1, 0.15) is 18.5 Å². The molecule has 24 heavy (non-hydrogen) atoms. The number of aromatic nitrogens is 1. The van der Waals surface area contributed by atoms with Gasteiger partial charge in [0.25, 0.3) is 0 Å². The maximum atomic E-state index is 13.3. The first-order valence-electron chi connectivity index (χ1n) is 7.44. The second-order valence-corrected chi connectivity index (χ2v) is 5.62. The van der Waals surface area contributed by atoms with Crippen LogP contribution in [0.3, 0.4) is 0 Å². The van der Waals surface area contributed by atoms with Crippen LogP contribution < -0.4 is 5.32 Å². The molecular weight excluding hydrogens is 332 g/mol. The average Bonchev–Trinajstić information content (AvgIpc) is 2.54. The van der Waals surface area contributed by atoms with Crippen LogP contribution in [0.4, 0.5) is 14.5 Å². The summed E-state index contributed by atoms with van der Waals surface area (Å²) in [5.41, 5.74) is 1.24. The molecule has 1 atom stereocenters. The van der Waals surface area contributed by atoms with Gasteiger partial charge in [0.2, 0.25) is 0 Å². The first-order valence-corrected chi connectivity index (χ1v) is 7.84. The SMILES string of the molecule is COCCN(C(=S)Nc1cc(F)cc(F)c1)C(C)c1cccnc1. The van der Waals surface area contributed by atoms with Crippen molar-refractivity contribution >= 4 is 23.0 Å². The number of hydrogen-bond acceptors (Lipinski definition) is 3. The minimum atomic E-state index is -0.663. The third kappa shape index (κ3) is 4.94. The smallest absolute Gasteiger partial charge is 0.174 e. The number of rotatable bonds is 6. The molecule has 4 nitrogen and oxygen atoms in total. The van der Waals surface area contributed by atoms with Crippen LogP contribution in [0.25, 0.3) is 0 Å². The highest BCUT2D eigenvalue weighted by molar-refractivity contribution is 7.80. The van der Waals surface area contributed by atoms with E-state index in [2.05, 4.69) is 10.3 Å². The monoisotopic (exact) mass is 351 g/mol. The number of nitrogens with one attached hydrogen (secondary N) is 1. The van der Waals surface area contributed by atoms with Crippen LogP contribution in [0.5, 0.6) is 0 Å². The predicted octanol–water partition coefficient (Wildman–Crippen LogP) is 3.77. The number of pyridine rings is 1. The molecule has 2 aromatic rings. The number of nitrogens with zero attached hydrogens (tertiary/aromatic N) is 2. The Hall–Kier alpha value is -2.12. The minimum absolute atomic E-state index is 0.0766. The van der Waals surface area contributed by atoms with Gasteiger partial charge in [-0.25, -0.2) is 8.78 Å². The zero-order valence-corrected chi connectivity index (χ0v) is 14.3. The first kappa shape index (κ1) is 18.2. The van der Waals surface area contributed by atoms with Gasteiger partial charge in [-0.1, -0.05) is 6.07 Å². The molecule has 1 unspecified atom stereocenters. The molecule has 0 fully saturated rings. The number of thiocarbonyl (C=S) groups is 1. The summed E-state index contributed by atoms with van der Waals surface area (Å²) in [6, 6.07) is 6.92. The molecule has 0 amide bonds. The lowest BCUT2D eigenvalue weighted by Crippen LogP contribution is -2.39. The van der Waals surface area contributed by atoms with Crippen LogP contribution in [0.15, 0.2) is 42.7 Å². The summed E-state index contributed by atoms with van der Waals surface area (Å²) in [5.74, 6) is -1.33. The molecule has 0 saturated carbocycles. The zero-order valence-electron chi connectivity index (χ0n) is 13.5. The second kappa shape index (κ2) is 8.65. The van der Waals surface area contributed by atoms with E-state index < -0.39 is 11.6 Å². The normalized spacial score (nSPS) is 11.8. The third-order valence-corrected chi connectivity index (χ3v) is 3.88. The Balaban J connectivity index is 2.18. The summed E-state index contributed by atoms with van der Waals surface area (Å²) in [7, 11) is 1.60. The fraction of sp³-hybridized carbons (Fsp3) is 0.294. The van der Waals surface area contributed by atoms with Gasteiger partial charge in [-0.2, -0.15) is 0 Å². The van der Waals surface area contributed by atoms with Crippen molar-refractivity contribution in [1.29, 1.82) is 0 Å². The summed E-state index contributed by atoms with van der Waals surface area (Å²) in [6.07, 6.45) is 3.46. The maximum absolute atomic E-state index is 13.3. The molecule has 0 aliphatic carbocycles. The van der Waals surface area contributed by atoms with Crippen molar-refractivity contribution < 1.29 is 13.5 Å². The predicted molar refractivity (Wildman–Crippen MR) is 93.8 cm³/mol. The first-order chi connectivity index (χ1) is 11.5. The molecule has 0 bridgehead atoms. The van der Waals surface area contributed by atoms with E-state index in [1.165, 1.54) is 12.1 Å². The van der Waals surface area contributed by atoms with Gasteiger partial charge in [-0.15, -0.1) is 0 Å². The molecule has 1 aromatic heterocycles. The maximum Gasteiger partial charge on any atom is 0.174 e. The highest BCUT2D eigenvalue weighted by atomic mass is 32.1. The summed E-state index contributed by atoms with van der Waals surface area (Å²) in [5, 5.41) is 3.24. The Morgan fingerprint density at radius 1 is 1.33 bits per heavy atom. The number of hydrogen-bond donors (Lipinski definition) is 1. The Kier molecular flexibility index (Phi) is 6.57. The highest BCUT2D eigenvalue weighted by Gasteiger charge is 2.19. The van der Waals surface area contributed by atoms with Crippen molar-refractivity contribution in [3.05, 3.63) is 59.9 Å². The van der Waals surface area contributed by atoms with Crippen molar-refractivity contribution in [2.24, 2.45) is 0 Å². The lowest BCUT2D eigenvalue weighted by Gasteiger charge is -2.31. The van der Waals surface area contributed by atoms with E-state index in [1.807, 2.05) is 24.0 Å². The van der Waals surface area contributed by atoms with Gasteiger partial charge in [0, 0.05) is 37.8 Å². The standard InChI is InChI=1S/C17H19F2N3OS/c1-12(13-4-3-5-20-11-13)22(6-7-23-2)17(24)21-16-9-14(18)8-15(19)10-16/h3-5,8-12H,6-7H2,1-2H3,(H,21,24). The van der Waals surface area contributed by atoms with E-state index in [4.69, 9.17) is 17.0 Å². The van der Waals surface area contributed by atoms with Crippen molar-refractivity contribution in [2.45, 2.75) is 13.0 Å². The van der Waals surface area contributed by atoms with Gasteiger partial charge in [-0.05, 0) is 42.9 Å². The van der Waals surface area contributed by atoms with Crippen LogP contribution in [-0.2, 0) is 4.74 Å².